The summed E-state index contributed by atoms with van der Waals surface area (Å²) in [7, 11) is 0. The van der Waals surface area contributed by atoms with E-state index in [0.717, 1.165) is 29.8 Å². The number of nitrogens with zero attached hydrogens (tertiary/aromatic N) is 2. The summed E-state index contributed by atoms with van der Waals surface area (Å²) in [5, 5.41) is 19.9. The third kappa shape index (κ3) is 2.96. The largest absolute Gasteiger partial charge is 0.390 e. The molecule has 4 nitrogen and oxygen atoms in total. The van der Waals surface area contributed by atoms with Gasteiger partial charge in [0.15, 0.2) is 0 Å². The van der Waals surface area contributed by atoms with Crippen molar-refractivity contribution in [1.82, 2.24) is 9.55 Å². The molecule has 1 heterocycles. The molecule has 1 atom stereocenters. The molecular weight excluding hydrogens is 240 g/mol. The van der Waals surface area contributed by atoms with Gasteiger partial charge < -0.3 is 14.8 Å². The molecule has 0 bridgehead atoms. The van der Waals surface area contributed by atoms with E-state index in [0.29, 0.717) is 6.42 Å². The Bertz CT molecular complexity index is 555. The zero-order valence-electron chi connectivity index (χ0n) is 11.8. The van der Waals surface area contributed by atoms with E-state index in [1.165, 1.54) is 0 Å². The lowest BCUT2D eigenvalue weighted by Gasteiger charge is -2.24. The highest BCUT2D eigenvalue weighted by Gasteiger charge is 2.26. The predicted octanol–water partition coefficient (Wildman–Crippen LogP) is 2.12. The lowest BCUT2D eigenvalue weighted by atomic mass is 9.99. The fourth-order valence-corrected chi connectivity index (χ4v) is 2.18. The Morgan fingerprint density at radius 1 is 1.32 bits per heavy atom. The van der Waals surface area contributed by atoms with Crippen LogP contribution in [0.15, 0.2) is 24.3 Å². The van der Waals surface area contributed by atoms with Gasteiger partial charge in [-0.05, 0) is 32.4 Å². The molecule has 0 aliphatic heterocycles. The molecule has 1 aromatic heterocycles. The zero-order chi connectivity index (χ0) is 14.0. The molecule has 0 radical (unpaired) electrons. The molecule has 4 heteroatoms. The van der Waals surface area contributed by atoms with E-state index in [2.05, 4.69) is 16.5 Å². The van der Waals surface area contributed by atoms with Crippen molar-refractivity contribution in [2.75, 3.05) is 0 Å². The van der Waals surface area contributed by atoms with Crippen LogP contribution in [0.4, 0.5) is 0 Å². The van der Waals surface area contributed by atoms with Crippen LogP contribution >= 0.6 is 0 Å². The third-order valence-corrected chi connectivity index (χ3v) is 3.37. The number of rotatable bonds is 5. The van der Waals surface area contributed by atoms with Crippen LogP contribution in [0.3, 0.4) is 0 Å². The van der Waals surface area contributed by atoms with Crippen molar-refractivity contribution in [3.63, 3.8) is 0 Å². The molecular formula is C15H22N2O2. The van der Waals surface area contributed by atoms with Gasteiger partial charge in [0.05, 0.1) is 22.7 Å². The summed E-state index contributed by atoms with van der Waals surface area (Å²) >= 11 is 0. The third-order valence-electron chi connectivity index (χ3n) is 3.37. The molecule has 2 N–H and O–H groups in total. The van der Waals surface area contributed by atoms with Crippen molar-refractivity contribution in [3.05, 3.63) is 30.1 Å². The maximum atomic E-state index is 10.1. The Kier molecular flexibility index (Phi) is 3.92. The highest BCUT2D eigenvalue weighted by atomic mass is 16.3. The van der Waals surface area contributed by atoms with Crippen molar-refractivity contribution in [2.24, 2.45) is 0 Å². The summed E-state index contributed by atoms with van der Waals surface area (Å²) in [5.41, 5.74) is 0.908. The van der Waals surface area contributed by atoms with Crippen LogP contribution in [0, 0.1) is 0 Å². The van der Waals surface area contributed by atoms with Crippen molar-refractivity contribution < 1.29 is 10.2 Å². The summed E-state index contributed by atoms with van der Waals surface area (Å²) in [6.45, 7) is 6.22. The SMILES string of the molecule is CCCn1c(CC(O)C(C)(C)O)nc2ccccc21. The number of aryl methyl sites for hydroxylation is 1. The molecule has 0 spiro atoms. The molecule has 0 fully saturated rings. The van der Waals surface area contributed by atoms with Crippen molar-refractivity contribution >= 4 is 11.0 Å². The van der Waals surface area contributed by atoms with Crippen LogP contribution in [0.2, 0.25) is 0 Å². The Hall–Kier alpha value is -1.39. The minimum absolute atomic E-state index is 0.359. The van der Waals surface area contributed by atoms with Gasteiger partial charge in [-0.2, -0.15) is 0 Å². The average Bonchev–Trinajstić information content (AvgIpc) is 2.67. The number of para-hydroxylation sites is 2. The molecule has 2 rings (SSSR count). The quantitative estimate of drug-likeness (QED) is 0.867. The van der Waals surface area contributed by atoms with Gasteiger partial charge in [-0.1, -0.05) is 19.1 Å². The summed E-state index contributed by atoms with van der Waals surface area (Å²) in [4.78, 5) is 4.58. The minimum Gasteiger partial charge on any atom is -0.390 e. The standard InChI is InChI=1S/C15H22N2O2/c1-4-9-17-12-8-6-5-7-11(12)16-14(17)10-13(18)15(2,3)19/h5-8,13,18-19H,4,9-10H2,1-3H3. The predicted molar refractivity (Wildman–Crippen MR) is 76.0 cm³/mol. The van der Waals surface area contributed by atoms with Crippen LogP contribution < -0.4 is 0 Å². The minimum atomic E-state index is -1.12. The average molecular weight is 262 g/mol. The van der Waals surface area contributed by atoms with Gasteiger partial charge in [0.2, 0.25) is 0 Å². The second-order valence-corrected chi connectivity index (χ2v) is 5.54. The molecule has 0 saturated heterocycles. The molecule has 0 saturated carbocycles. The Balaban J connectivity index is 2.39. The van der Waals surface area contributed by atoms with Gasteiger partial charge in [-0.25, -0.2) is 4.98 Å². The monoisotopic (exact) mass is 262 g/mol. The van der Waals surface area contributed by atoms with E-state index < -0.39 is 11.7 Å². The highest BCUT2D eigenvalue weighted by Crippen LogP contribution is 2.20. The fraction of sp³-hybridized carbons (Fsp3) is 0.533. The Morgan fingerprint density at radius 2 is 2.00 bits per heavy atom. The first-order chi connectivity index (χ1) is 8.93. The first-order valence-corrected chi connectivity index (χ1v) is 6.78. The molecule has 0 aliphatic carbocycles. The van der Waals surface area contributed by atoms with Gasteiger partial charge in [-0.3, -0.25) is 0 Å². The molecule has 0 aliphatic rings. The van der Waals surface area contributed by atoms with Crippen molar-refractivity contribution in [2.45, 2.75) is 51.9 Å². The van der Waals surface area contributed by atoms with Crippen molar-refractivity contribution in [3.8, 4) is 0 Å². The number of aliphatic hydroxyl groups excluding tert-OH is 1. The molecule has 19 heavy (non-hydrogen) atoms. The van der Waals surface area contributed by atoms with Gasteiger partial charge in [0.25, 0.3) is 0 Å². The number of aliphatic hydroxyl groups is 2. The van der Waals surface area contributed by atoms with Crippen molar-refractivity contribution in [1.29, 1.82) is 0 Å². The molecule has 2 aromatic rings. The Labute approximate surface area is 113 Å². The number of aromatic nitrogens is 2. The number of hydrogen-bond donors (Lipinski definition) is 2. The van der Waals surface area contributed by atoms with E-state index in [1.54, 1.807) is 13.8 Å². The summed E-state index contributed by atoms with van der Waals surface area (Å²) < 4.78 is 2.13. The van der Waals surface area contributed by atoms with E-state index >= 15 is 0 Å². The van der Waals surface area contributed by atoms with Gasteiger partial charge >= 0.3 is 0 Å². The van der Waals surface area contributed by atoms with Gasteiger partial charge in [0, 0.05) is 13.0 Å². The molecule has 0 amide bonds. The molecule has 1 aromatic carbocycles. The van der Waals surface area contributed by atoms with Gasteiger partial charge in [0.1, 0.15) is 5.82 Å². The Morgan fingerprint density at radius 3 is 2.63 bits per heavy atom. The first-order valence-electron chi connectivity index (χ1n) is 6.78. The second kappa shape index (κ2) is 5.31. The number of benzene rings is 1. The summed E-state index contributed by atoms with van der Waals surface area (Å²) in [5.74, 6) is 0.831. The van der Waals surface area contributed by atoms with Crippen LogP contribution in [0.25, 0.3) is 11.0 Å². The lowest BCUT2D eigenvalue weighted by molar-refractivity contribution is -0.0480. The maximum absolute atomic E-state index is 10.1. The topological polar surface area (TPSA) is 58.3 Å². The van der Waals surface area contributed by atoms with E-state index in [1.807, 2.05) is 24.3 Å². The normalized spacial score (nSPS) is 13.9. The van der Waals surface area contributed by atoms with Crippen LogP contribution in [-0.4, -0.2) is 31.5 Å². The first kappa shape index (κ1) is 14.0. The van der Waals surface area contributed by atoms with E-state index in [4.69, 9.17) is 0 Å². The number of imidazole rings is 1. The lowest BCUT2D eigenvalue weighted by Crippen LogP contribution is -2.38. The molecule has 104 valence electrons. The van der Waals surface area contributed by atoms with E-state index in [9.17, 15) is 10.2 Å². The zero-order valence-corrected chi connectivity index (χ0v) is 11.8. The summed E-state index contributed by atoms with van der Waals surface area (Å²) in [6, 6.07) is 7.97. The van der Waals surface area contributed by atoms with Crippen LogP contribution in [0.5, 0.6) is 0 Å². The van der Waals surface area contributed by atoms with E-state index in [-0.39, 0.29) is 0 Å². The van der Waals surface area contributed by atoms with Crippen LogP contribution in [0.1, 0.15) is 33.0 Å². The fourth-order valence-electron chi connectivity index (χ4n) is 2.18. The van der Waals surface area contributed by atoms with Crippen LogP contribution in [-0.2, 0) is 13.0 Å². The smallest absolute Gasteiger partial charge is 0.112 e. The maximum Gasteiger partial charge on any atom is 0.112 e. The summed E-state index contributed by atoms with van der Waals surface area (Å²) in [6.07, 6.45) is 0.546. The number of fused-ring (bicyclic) bond motifs is 1. The van der Waals surface area contributed by atoms with Gasteiger partial charge in [-0.15, -0.1) is 0 Å². The highest BCUT2D eigenvalue weighted by molar-refractivity contribution is 5.75. The second-order valence-electron chi connectivity index (χ2n) is 5.54. The molecule has 1 unspecified atom stereocenters. The number of hydrogen-bond acceptors (Lipinski definition) is 3.